The van der Waals surface area contributed by atoms with Gasteiger partial charge in [-0.1, -0.05) is 11.6 Å². The summed E-state index contributed by atoms with van der Waals surface area (Å²) >= 11 is 5.87. The number of halogens is 1. The van der Waals surface area contributed by atoms with Crippen LogP contribution in [0.4, 0.5) is 0 Å². The Hall–Kier alpha value is -4.11. The molecular weight excluding hydrogens is 472 g/mol. The zero-order valence-corrected chi connectivity index (χ0v) is 19.9. The number of methoxy groups -OCH3 is 1. The van der Waals surface area contributed by atoms with Crippen molar-refractivity contribution in [2.75, 3.05) is 7.11 Å². The van der Waals surface area contributed by atoms with Crippen molar-refractivity contribution in [1.82, 2.24) is 16.3 Å². The first-order chi connectivity index (χ1) is 16.9. The Balaban J connectivity index is 1.45. The fourth-order valence-corrected chi connectivity index (χ4v) is 3.89. The zero-order chi connectivity index (χ0) is 24.9. The first kappa shape index (κ1) is 24.0. The molecule has 180 valence electrons. The SMILES string of the molecule is COc1ccc(C(=O)NNC(=O)c2oc3c(c2C)/C(=N/NC(=O)c2ccc(Cl)cc2)CCC3)cc1. The van der Waals surface area contributed by atoms with Crippen molar-refractivity contribution in [3.05, 3.63) is 87.3 Å². The molecule has 3 N–H and O–H groups in total. The van der Waals surface area contributed by atoms with Crippen LogP contribution < -0.4 is 21.0 Å². The number of hydrogen-bond donors (Lipinski definition) is 3. The van der Waals surface area contributed by atoms with Crippen LogP contribution in [0.15, 0.2) is 58.0 Å². The molecule has 0 fully saturated rings. The lowest BCUT2D eigenvalue weighted by Crippen LogP contribution is -2.41. The number of hydrazine groups is 1. The molecule has 0 radical (unpaired) electrons. The van der Waals surface area contributed by atoms with Crippen LogP contribution in [0.1, 0.15) is 61.0 Å². The predicted octanol–water partition coefficient (Wildman–Crippen LogP) is 3.80. The van der Waals surface area contributed by atoms with E-state index in [0.29, 0.717) is 57.3 Å². The normalized spacial score (nSPS) is 13.6. The Morgan fingerprint density at radius 1 is 0.914 bits per heavy atom. The topological polar surface area (TPSA) is 122 Å². The van der Waals surface area contributed by atoms with E-state index < -0.39 is 11.8 Å². The molecule has 4 rings (SSSR count). The summed E-state index contributed by atoms with van der Waals surface area (Å²) in [6.45, 7) is 1.74. The third-order valence-electron chi connectivity index (χ3n) is 5.57. The van der Waals surface area contributed by atoms with Crippen molar-refractivity contribution < 1.29 is 23.5 Å². The average molecular weight is 495 g/mol. The van der Waals surface area contributed by atoms with Gasteiger partial charge in [-0.05, 0) is 68.3 Å². The van der Waals surface area contributed by atoms with E-state index in [9.17, 15) is 14.4 Å². The quantitative estimate of drug-likeness (QED) is 0.466. The first-order valence-electron chi connectivity index (χ1n) is 10.9. The number of carbonyl (C=O) groups is 3. The fraction of sp³-hybridized carbons (Fsp3) is 0.200. The van der Waals surface area contributed by atoms with Crippen LogP contribution in [0.3, 0.4) is 0 Å². The Kier molecular flexibility index (Phi) is 7.17. The van der Waals surface area contributed by atoms with Crippen LogP contribution in [0, 0.1) is 6.92 Å². The van der Waals surface area contributed by atoms with Crippen molar-refractivity contribution in [2.24, 2.45) is 5.10 Å². The highest BCUT2D eigenvalue weighted by Gasteiger charge is 2.28. The van der Waals surface area contributed by atoms with Crippen LogP contribution in [-0.4, -0.2) is 30.5 Å². The first-order valence-corrected chi connectivity index (χ1v) is 11.2. The van der Waals surface area contributed by atoms with Crippen molar-refractivity contribution in [3.63, 3.8) is 0 Å². The summed E-state index contributed by atoms with van der Waals surface area (Å²) in [5.74, 6) is -0.153. The van der Waals surface area contributed by atoms with Gasteiger partial charge in [0.25, 0.3) is 11.8 Å². The fourth-order valence-electron chi connectivity index (χ4n) is 3.77. The maximum atomic E-state index is 12.7. The molecule has 0 spiro atoms. The van der Waals surface area contributed by atoms with E-state index in [-0.39, 0.29) is 11.7 Å². The lowest BCUT2D eigenvalue weighted by atomic mass is 9.93. The van der Waals surface area contributed by atoms with Crippen molar-refractivity contribution in [3.8, 4) is 5.75 Å². The maximum absolute atomic E-state index is 12.7. The number of furan rings is 1. The van der Waals surface area contributed by atoms with Gasteiger partial charge in [0.05, 0.1) is 12.8 Å². The Bertz CT molecular complexity index is 1300. The van der Waals surface area contributed by atoms with Crippen molar-refractivity contribution >= 4 is 35.0 Å². The van der Waals surface area contributed by atoms with Gasteiger partial charge in [0.15, 0.2) is 5.76 Å². The lowest BCUT2D eigenvalue weighted by molar-refractivity contribution is 0.0829. The highest BCUT2D eigenvalue weighted by atomic mass is 35.5. The number of hydrogen-bond acceptors (Lipinski definition) is 6. The number of aryl methyl sites for hydroxylation is 1. The van der Waals surface area contributed by atoms with Crippen LogP contribution in [0.5, 0.6) is 5.75 Å². The van der Waals surface area contributed by atoms with Gasteiger partial charge >= 0.3 is 5.91 Å². The largest absolute Gasteiger partial charge is 0.497 e. The molecule has 2 aromatic carbocycles. The van der Waals surface area contributed by atoms with E-state index in [1.165, 1.54) is 7.11 Å². The molecule has 1 aliphatic carbocycles. The molecule has 0 atom stereocenters. The van der Waals surface area contributed by atoms with Gasteiger partial charge in [0.1, 0.15) is 11.5 Å². The number of nitrogens with one attached hydrogen (secondary N) is 3. The smallest absolute Gasteiger partial charge is 0.305 e. The summed E-state index contributed by atoms with van der Waals surface area (Å²) in [5.41, 5.74) is 9.99. The Morgan fingerprint density at radius 2 is 1.54 bits per heavy atom. The molecule has 0 saturated heterocycles. The molecule has 1 heterocycles. The molecule has 9 nitrogen and oxygen atoms in total. The highest BCUT2D eigenvalue weighted by Crippen LogP contribution is 2.29. The number of hydrazone groups is 1. The molecule has 35 heavy (non-hydrogen) atoms. The third-order valence-corrected chi connectivity index (χ3v) is 5.82. The van der Waals surface area contributed by atoms with E-state index in [0.717, 1.165) is 6.42 Å². The van der Waals surface area contributed by atoms with E-state index in [4.69, 9.17) is 20.8 Å². The monoisotopic (exact) mass is 494 g/mol. The van der Waals surface area contributed by atoms with Crippen LogP contribution in [0.2, 0.25) is 5.02 Å². The van der Waals surface area contributed by atoms with Crippen LogP contribution >= 0.6 is 11.6 Å². The molecule has 0 aliphatic heterocycles. The Labute approximate surface area is 206 Å². The van der Waals surface area contributed by atoms with Gasteiger partial charge in [-0.2, -0.15) is 5.10 Å². The minimum absolute atomic E-state index is 0.0728. The Morgan fingerprint density at radius 3 is 2.23 bits per heavy atom. The minimum atomic E-state index is -0.594. The van der Waals surface area contributed by atoms with E-state index in [2.05, 4.69) is 21.4 Å². The number of nitrogens with zero attached hydrogens (tertiary/aromatic N) is 1. The van der Waals surface area contributed by atoms with Gasteiger partial charge in [0, 0.05) is 33.7 Å². The minimum Gasteiger partial charge on any atom is -0.497 e. The van der Waals surface area contributed by atoms with Crippen molar-refractivity contribution in [2.45, 2.75) is 26.2 Å². The third kappa shape index (κ3) is 5.36. The van der Waals surface area contributed by atoms with E-state index in [1.54, 1.807) is 55.5 Å². The molecule has 3 aromatic rings. The molecular formula is C25H23ClN4O5. The molecule has 0 bridgehead atoms. The summed E-state index contributed by atoms with van der Waals surface area (Å²) in [6, 6.07) is 12.9. The average Bonchev–Trinajstić information content (AvgIpc) is 3.23. The molecule has 0 unspecified atom stereocenters. The van der Waals surface area contributed by atoms with Gasteiger partial charge < -0.3 is 9.15 Å². The standard InChI is InChI=1S/C25H23ClN4O5/c1-14-21-19(27-28-23(31)15-6-10-17(26)11-7-15)4-3-5-20(21)35-22(14)25(33)30-29-24(32)16-8-12-18(34-2)13-9-16/h6-13H,3-5H2,1-2H3,(H,28,31)(H,29,32)(H,30,33)/b27-19+. The number of rotatable bonds is 5. The summed E-state index contributed by atoms with van der Waals surface area (Å²) in [7, 11) is 1.53. The molecule has 0 saturated carbocycles. The second-order valence-electron chi connectivity index (χ2n) is 7.85. The maximum Gasteiger partial charge on any atom is 0.305 e. The van der Waals surface area contributed by atoms with Crippen LogP contribution in [0.25, 0.3) is 0 Å². The number of amides is 3. The van der Waals surface area contributed by atoms with Gasteiger partial charge in [-0.15, -0.1) is 0 Å². The number of benzene rings is 2. The number of carbonyl (C=O) groups excluding carboxylic acids is 3. The summed E-state index contributed by atoms with van der Waals surface area (Å²) < 4.78 is 10.9. The predicted molar refractivity (Wildman–Crippen MR) is 130 cm³/mol. The van der Waals surface area contributed by atoms with E-state index >= 15 is 0 Å². The van der Waals surface area contributed by atoms with Crippen molar-refractivity contribution in [1.29, 1.82) is 0 Å². The van der Waals surface area contributed by atoms with E-state index in [1.807, 2.05) is 0 Å². The second kappa shape index (κ2) is 10.4. The second-order valence-corrected chi connectivity index (χ2v) is 8.29. The molecule has 1 aromatic heterocycles. The van der Waals surface area contributed by atoms with Gasteiger partial charge in [-0.3, -0.25) is 25.2 Å². The van der Waals surface area contributed by atoms with Crippen LogP contribution in [-0.2, 0) is 6.42 Å². The molecule has 1 aliphatic rings. The summed E-state index contributed by atoms with van der Waals surface area (Å²) in [4.78, 5) is 37.5. The lowest BCUT2D eigenvalue weighted by Gasteiger charge is -2.13. The summed E-state index contributed by atoms with van der Waals surface area (Å²) in [5, 5.41) is 4.83. The molecule has 3 amide bonds. The number of ether oxygens (including phenoxy) is 1. The molecule has 10 heteroatoms. The van der Waals surface area contributed by atoms with Gasteiger partial charge in [-0.25, -0.2) is 5.43 Å². The summed E-state index contributed by atoms with van der Waals surface area (Å²) in [6.07, 6.45) is 2.00. The van der Waals surface area contributed by atoms with Gasteiger partial charge in [0.2, 0.25) is 0 Å². The highest BCUT2D eigenvalue weighted by molar-refractivity contribution is 6.30. The number of fused-ring (bicyclic) bond motifs is 1. The zero-order valence-electron chi connectivity index (χ0n) is 19.1.